The Bertz CT molecular complexity index is 665. The lowest BCUT2D eigenvalue weighted by molar-refractivity contribution is 0.232. The summed E-state index contributed by atoms with van der Waals surface area (Å²) in [6, 6.07) is 9.85. The number of amides is 2. The van der Waals surface area contributed by atoms with Crippen LogP contribution in [0.4, 0.5) is 4.79 Å². The Morgan fingerprint density at radius 1 is 1.41 bits per heavy atom. The lowest BCUT2D eigenvalue weighted by Crippen LogP contribution is -2.43. The van der Waals surface area contributed by atoms with Crippen LogP contribution in [0.15, 0.2) is 42.7 Å². The molecule has 1 aliphatic heterocycles. The zero-order chi connectivity index (χ0) is 15.5. The fourth-order valence-electron chi connectivity index (χ4n) is 2.81. The standard InChI is InChI=1S/C17H21N3O2/c1-12(15-11-22-16-6-4-3-5-14(15)16)19-17(21)18-9-13-7-8-20(2)10-13/h3-8,10,12,15H,9,11H2,1-2H3,(H2,18,19,21)/t12-,15-/m0/s1. The topological polar surface area (TPSA) is 55.3 Å². The third-order valence-electron chi connectivity index (χ3n) is 4.05. The smallest absolute Gasteiger partial charge is 0.315 e. The zero-order valence-electron chi connectivity index (χ0n) is 12.9. The van der Waals surface area contributed by atoms with E-state index in [0.717, 1.165) is 11.3 Å². The van der Waals surface area contributed by atoms with E-state index in [9.17, 15) is 4.79 Å². The number of urea groups is 1. The molecule has 0 aliphatic carbocycles. The predicted octanol–water partition coefficient (Wildman–Crippen LogP) is 2.39. The van der Waals surface area contributed by atoms with Gasteiger partial charge in [0.1, 0.15) is 5.75 Å². The molecule has 2 amide bonds. The van der Waals surface area contributed by atoms with Crippen molar-refractivity contribution in [1.29, 1.82) is 0 Å². The highest BCUT2D eigenvalue weighted by atomic mass is 16.5. The Labute approximate surface area is 130 Å². The molecule has 1 aliphatic rings. The summed E-state index contributed by atoms with van der Waals surface area (Å²) in [5.74, 6) is 1.12. The quantitative estimate of drug-likeness (QED) is 0.911. The number of nitrogens with zero attached hydrogens (tertiary/aromatic N) is 1. The van der Waals surface area contributed by atoms with Crippen LogP contribution in [-0.2, 0) is 13.6 Å². The van der Waals surface area contributed by atoms with Crippen LogP contribution >= 0.6 is 0 Å². The van der Waals surface area contributed by atoms with Crippen molar-refractivity contribution in [2.75, 3.05) is 6.61 Å². The van der Waals surface area contributed by atoms with Gasteiger partial charge in [-0.25, -0.2) is 4.79 Å². The van der Waals surface area contributed by atoms with Crippen LogP contribution < -0.4 is 15.4 Å². The lowest BCUT2D eigenvalue weighted by atomic mass is 9.94. The number of aromatic nitrogens is 1. The molecule has 2 N–H and O–H groups in total. The molecule has 1 aromatic carbocycles. The van der Waals surface area contributed by atoms with Crippen molar-refractivity contribution in [3.05, 3.63) is 53.9 Å². The molecule has 0 unspecified atom stereocenters. The summed E-state index contributed by atoms with van der Waals surface area (Å²) in [5, 5.41) is 5.89. The second-order valence-electron chi connectivity index (χ2n) is 5.76. The van der Waals surface area contributed by atoms with E-state index in [1.54, 1.807) is 0 Å². The van der Waals surface area contributed by atoms with Crippen molar-refractivity contribution in [2.45, 2.75) is 25.4 Å². The Kier molecular flexibility index (Phi) is 4.04. The Morgan fingerprint density at radius 3 is 3.00 bits per heavy atom. The van der Waals surface area contributed by atoms with Crippen LogP contribution in [0.25, 0.3) is 0 Å². The molecule has 0 saturated heterocycles. The van der Waals surface area contributed by atoms with Gasteiger partial charge in [0.05, 0.1) is 6.61 Å². The second kappa shape index (κ2) is 6.13. The summed E-state index contributed by atoms with van der Waals surface area (Å²) in [6.07, 6.45) is 3.95. The van der Waals surface area contributed by atoms with E-state index < -0.39 is 0 Å². The minimum Gasteiger partial charge on any atom is -0.493 e. The summed E-state index contributed by atoms with van der Waals surface area (Å²) in [6.45, 7) is 3.15. The Hall–Kier alpha value is -2.43. The first-order valence-electron chi connectivity index (χ1n) is 7.50. The van der Waals surface area contributed by atoms with Gasteiger partial charge in [-0.15, -0.1) is 0 Å². The minimum atomic E-state index is -0.152. The summed E-state index contributed by atoms with van der Waals surface area (Å²) in [7, 11) is 1.96. The van der Waals surface area contributed by atoms with Gasteiger partial charge in [0, 0.05) is 43.5 Å². The van der Waals surface area contributed by atoms with Gasteiger partial charge in [-0.05, 0) is 24.6 Å². The number of nitrogens with one attached hydrogen (secondary N) is 2. The highest BCUT2D eigenvalue weighted by Gasteiger charge is 2.29. The molecule has 3 rings (SSSR count). The van der Waals surface area contributed by atoms with Crippen molar-refractivity contribution >= 4 is 6.03 Å². The SMILES string of the molecule is C[C@H](NC(=O)NCc1ccn(C)c1)[C@@H]1COc2ccccc21. The van der Waals surface area contributed by atoms with Gasteiger partial charge in [-0.2, -0.15) is 0 Å². The van der Waals surface area contributed by atoms with E-state index in [4.69, 9.17) is 4.74 Å². The number of carbonyl (C=O) groups is 1. The zero-order valence-corrected chi connectivity index (χ0v) is 12.9. The van der Waals surface area contributed by atoms with Gasteiger partial charge in [0.25, 0.3) is 0 Å². The summed E-state index contributed by atoms with van der Waals surface area (Å²) >= 11 is 0. The average molecular weight is 299 g/mol. The molecule has 5 heteroatoms. The molecule has 2 aromatic rings. The van der Waals surface area contributed by atoms with Crippen LogP contribution in [-0.4, -0.2) is 23.2 Å². The number of hydrogen-bond donors (Lipinski definition) is 2. The largest absolute Gasteiger partial charge is 0.493 e. The first-order valence-corrected chi connectivity index (χ1v) is 7.50. The number of rotatable bonds is 4. The Balaban J connectivity index is 1.53. The van der Waals surface area contributed by atoms with Crippen LogP contribution in [0.2, 0.25) is 0 Å². The van der Waals surface area contributed by atoms with Crippen LogP contribution in [0, 0.1) is 0 Å². The molecule has 116 valence electrons. The number of para-hydroxylation sites is 1. The fourth-order valence-corrected chi connectivity index (χ4v) is 2.81. The second-order valence-corrected chi connectivity index (χ2v) is 5.76. The number of hydrogen-bond acceptors (Lipinski definition) is 2. The number of carbonyl (C=O) groups excluding carboxylic acids is 1. The fraction of sp³-hybridized carbons (Fsp3) is 0.353. The summed E-state index contributed by atoms with van der Waals surface area (Å²) < 4.78 is 7.63. The van der Waals surface area contributed by atoms with Crippen molar-refractivity contribution in [3.8, 4) is 5.75 Å². The Morgan fingerprint density at radius 2 is 2.23 bits per heavy atom. The first-order chi connectivity index (χ1) is 10.6. The van der Waals surface area contributed by atoms with Crippen LogP contribution in [0.3, 0.4) is 0 Å². The van der Waals surface area contributed by atoms with Gasteiger partial charge in [-0.1, -0.05) is 18.2 Å². The third kappa shape index (κ3) is 3.08. The van der Waals surface area contributed by atoms with Gasteiger partial charge in [0.15, 0.2) is 0 Å². The number of benzene rings is 1. The normalized spacial score (nSPS) is 17.5. The van der Waals surface area contributed by atoms with E-state index in [2.05, 4.69) is 16.7 Å². The molecule has 22 heavy (non-hydrogen) atoms. The van der Waals surface area contributed by atoms with E-state index >= 15 is 0 Å². The summed E-state index contributed by atoms with van der Waals surface area (Å²) in [4.78, 5) is 12.0. The molecule has 2 heterocycles. The maximum absolute atomic E-state index is 12.0. The molecule has 1 aromatic heterocycles. The molecule has 0 fully saturated rings. The van der Waals surface area contributed by atoms with Crippen molar-refractivity contribution in [3.63, 3.8) is 0 Å². The molecule has 0 bridgehead atoms. The average Bonchev–Trinajstić information content (AvgIpc) is 3.11. The van der Waals surface area contributed by atoms with E-state index in [1.165, 1.54) is 5.56 Å². The molecule has 2 atom stereocenters. The lowest BCUT2D eigenvalue weighted by Gasteiger charge is -2.20. The number of aryl methyl sites for hydroxylation is 1. The number of ether oxygens (including phenoxy) is 1. The molecular weight excluding hydrogens is 278 g/mol. The van der Waals surface area contributed by atoms with E-state index in [1.807, 2.05) is 55.2 Å². The molecule has 0 radical (unpaired) electrons. The first kappa shape index (κ1) is 14.5. The highest BCUT2D eigenvalue weighted by molar-refractivity contribution is 5.74. The van der Waals surface area contributed by atoms with Crippen molar-refractivity contribution < 1.29 is 9.53 Å². The molecule has 0 saturated carbocycles. The van der Waals surface area contributed by atoms with Crippen molar-refractivity contribution in [1.82, 2.24) is 15.2 Å². The van der Waals surface area contributed by atoms with Gasteiger partial charge >= 0.3 is 6.03 Å². The number of fused-ring (bicyclic) bond motifs is 1. The van der Waals surface area contributed by atoms with Gasteiger partial charge in [0.2, 0.25) is 0 Å². The van der Waals surface area contributed by atoms with Crippen molar-refractivity contribution in [2.24, 2.45) is 7.05 Å². The third-order valence-corrected chi connectivity index (χ3v) is 4.05. The van der Waals surface area contributed by atoms with Gasteiger partial charge in [-0.3, -0.25) is 0 Å². The van der Waals surface area contributed by atoms with Crippen LogP contribution in [0.1, 0.15) is 24.0 Å². The molecule has 0 spiro atoms. The monoisotopic (exact) mass is 299 g/mol. The molecule has 5 nitrogen and oxygen atoms in total. The van der Waals surface area contributed by atoms with Crippen LogP contribution in [0.5, 0.6) is 5.75 Å². The maximum Gasteiger partial charge on any atom is 0.315 e. The van der Waals surface area contributed by atoms with E-state index in [-0.39, 0.29) is 18.0 Å². The minimum absolute atomic E-state index is 0.0134. The predicted molar refractivity (Wildman–Crippen MR) is 84.9 cm³/mol. The summed E-state index contributed by atoms with van der Waals surface area (Å²) in [5.41, 5.74) is 2.25. The maximum atomic E-state index is 12.0. The highest BCUT2D eigenvalue weighted by Crippen LogP contribution is 2.35. The van der Waals surface area contributed by atoms with Gasteiger partial charge < -0.3 is 19.9 Å². The molecular formula is C17H21N3O2. The van der Waals surface area contributed by atoms with E-state index in [0.29, 0.717) is 13.2 Å².